The predicted octanol–water partition coefficient (Wildman–Crippen LogP) is 4.62. The average molecular weight is 349 g/mol. The van der Waals surface area contributed by atoms with Gasteiger partial charge in [0.2, 0.25) is 0 Å². The Morgan fingerprint density at radius 2 is 1.95 bits per heavy atom. The van der Waals surface area contributed by atoms with E-state index in [1.807, 2.05) is 13.8 Å². The van der Waals surface area contributed by atoms with Gasteiger partial charge in [-0.1, -0.05) is 23.2 Å². The number of benzene rings is 1. The average Bonchev–Trinajstić information content (AvgIpc) is 2.72. The van der Waals surface area contributed by atoms with Gasteiger partial charge in [-0.15, -0.1) is 0 Å². The van der Waals surface area contributed by atoms with Crippen molar-refractivity contribution in [2.75, 3.05) is 6.26 Å². The van der Waals surface area contributed by atoms with Gasteiger partial charge in [0, 0.05) is 22.9 Å². The summed E-state index contributed by atoms with van der Waals surface area (Å²) >= 11 is 12.2. The van der Waals surface area contributed by atoms with Crippen LogP contribution in [0.15, 0.2) is 17.2 Å². The first kappa shape index (κ1) is 16.5. The Labute approximate surface area is 135 Å². The van der Waals surface area contributed by atoms with Crippen molar-refractivity contribution in [3.8, 4) is 11.3 Å². The summed E-state index contributed by atoms with van der Waals surface area (Å²) in [4.78, 5) is 0. The van der Waals surface area contributed by atoms with E-state index in [4.69, 9.17) is 23.2 Å². The van der Waals surface area contributed by atoms with Crippen LogP contribution >= 0.6 is 23.2 Å². The van der Waals surface area contributed by atoms with Crippen LogP contribution in [0.25, 0.3) is 11.3 Å². The summed E-state index contributed by atoms with van der Waals surface area (Å²) in [6.07, 6.45) is 1.52. The molecule has 1 unspecified atom stereocenters. The molecule has 21 heavy (non-hydrogen) atoms. The molecular weight excluding hydrogens is 334 g/mol. The number of halogens is 3. The van der Waals surface area contributed by atoms with Gasteiger partial charge in [0.05, 0.1) is 10.8 Å². The zero-order valence-corrected chi connectivity index (χ0v) is 14.4. The fourth-order valence-corrected chi connectivity index (χ4v) is 3.58. The highest BCUT2D eigenvalue weighted by Crippen LogP contribution is 2.36. The summed E-state index contributed by atoms with van der Waals surface area (Å²) in [5, 5.41) is 5.29. The number of nitrogens with zero attached hydrogens (tertiary/aromatic N) is 2. The van der Waals surface area contributed by atoms with Crippen LogP contribution in [0.2, 0.25) is 10.0 Å². The van der Waals surface area contributed by atoms with Crippen LogP contribution in [0.1, 0.15) is 25.5 Å². The molecule has 0 radical (unpaired) electrons. The van der Waals surface area contributed by atoms with Gasteiger partial charge in [-0.2, -0.15) is 5.10 Å². The van der Waals surface area contributed by atoms with E-state index < -0.39 is 16.6 Å². The van der Waals surface area contributed by atoms with Gasteiger partial charge in [-0.05, 0) is 38.5 Å². The Kier molecular flexibility index (Phi) is 4.76. The lowest BCUT2D eigenvalue weighted by molar-refractivity contribution is 0.489. The Balaban J connectivity index is 2.74. The van der Waals surface area contributed by atoms with E-state index in [-0.39, 0.29) is 22.3 Å². The lowest BCUT2D eigenvalue weighted by Crippen LogP contribution is -2.08. The SMILES string of the molecule is Cc1cc(-c2nn(C(C)C)c(S(C)=O)c2Cl)c(F)cc1Cl. The lowest BCUT2D eigenvalue weighted by Gasteiger charge is -2.08. The Bertz CT molecular complexity index is 728. The molecule has 1 aromatic heterocycles. The fourth-order valence-electron chi connectivity index (χ4n) is 2.02. The summed E-state index contributed by atoms with van der Waals surface area (Å²) in [6.45, 7) is 5.57. The normalized spacial score (nSPS) is 13.0. The standard InChI is InChI=1S/C14H15Cl2FN2OS/c1-7(2)19-14(21(4)20)12(16)13(18-19)9-5-8(3)10(15)6-11(9)17/h5-7H,1-4H3. The number of hydrogen-bond donors (Lipinski definition) is 0. The van der Waals surface area contributed by atoms with Gasteiger partial charge in [0.1, 0.15) is 21.6 Å². The van der Waals surface area contributed by atoms with Crippen LogP contribution in [0.4, 0.5) is 4.39 Å². The first-order valence-electron chi connectivity index (χ1n) is 6.31. The molecule has 0 aliphatic heterocycles. The second kappa shape index (κ2) is 6.07. The largest absolute Gasteiger partial charge is 0.253 e. The van der Waals surface area contributed by atoms with Crippen LogP contribution in [-0.4, -0.2) is 20.2 Å². The second-order valence-electron chi connectivity index (χ2n) is 5.04. The molecule has 3 nitrogen and oxygen atoms in total. The molecule has 0 bridgehead atoms. The molecule has 0 saturated carbocycles. The Hall–Kier alpha value is -0.910. The maximum absolute atomic E-state index is 14.2. The van der Waals surface area contributed by atoms with E-state index in [0.717, 1.165) is 5.56 Å². The van der Waals surface area contributed by atoms with Crippen LogP contribution in [-0.2, 0) is 10.8 Å². The zero-order valence-electron chi connectivity index (χ0n) is 12.1. The van der Waals surface area contributed by atoms with Gasteiger partial charge in [-0.3, -0.25) is 8.89 Å². The summed E-state index contributed by atoms with van der Waals surface area (Å²) in [7, 11) is -1.32. The quantitative estimate of drug-likeness (QED) is 0.810. The van der Waals surface area contributed by atoms with Crippen molar-refractivity contribution >= 4 is 34.0 Å². The lowest BCUT2D eigenvalue weighted by atomic mass is 10.1. The van der Waals surface area contributed by atoms with Crippen molar-refractivity contribution in [3.63, 3.8) is 0 Å². The molecule has 7 heteroatoms. The smallest absolute Gasteiger partial charge is 0.144 e. The molecule has 1 atom stereocenters. The van der Waals surface area contributed by atoms with Crippen molar-refractivity contribution in [1.82, 2.24) is 9.78 Å². The zero-order chi connectivity index (χ0) is 15.9. The predicted molar refractivity (Wildman–Crippen MR) is 85.1 cm³/mol. The van der Waals surface area contributed by atoms with Crippen molar-refractivity contribution in [1.29, 1.82) is 0 Å². The van der Waals surface area contributed by atoms with Gasteiger partial charge >= 0.3 is 0 Å². The molecule has 2 rings (SSSR count). The van der Waals surface area contributed by atoms with Crippen LogP contribution < -0.4 is 0 Å². The van der Waals surface area contributed by atoms with Crippen LogP contribution in [0.5, 0.6) is 0 Å². The van der Waals surface area contributed by atoms with Gasteiger partial charge in [0.25, 0.3) is 0 Å². The van der Waals surface area contributed by atoms with Gasteiger partial charge in [0.15, 0.2) is 0 Å². The summed E-state index contributed by atoms with van der Waals surface area (Å²) in [5.74, 6) is -0.505. The van der Waals surface area contributed by atoms with Gasteiger partial charge < -0.3 is 0 Å². The fraction of sp³-hybridized carbons (Fsp3) is 0.357. The monoisotopic (exact) mass is 348 g/mol. The van der Waals surface area contributed by atoms with Crippen LogP contribution in [0, 0.1) is 12.7 Å². The Morgan fingerprint density at radius 3 is 2.43 bits per heavy atom. The van der Waals surface area contributed by atoms with Crippen molar-refractivity contribution in [2.24, 2.45) is 0 Å². The third kappa shape index (κ3) is 3.00. The van der Waals surface area contributed by atoms with Crippen molar-refractivity contribution < 1.29 is 8.60 Å². The van der Waals surface area contributed by atoms with Crippen LogP contribution in [0.3, 0.4) is 0 Å². The number of aromatic nitrogens is 2. The minimum atomic E-state index is -1.32. The molecule has 0 spiro atoms. The maximum Gasteiger partial charge on any atom is 0.144 e. The highest BCUT2D eigenvalue weighted by atomic mass is 35.5. The Morgan fingerprint density at radius 1 is 1.33 bits per heavy atom. The topological polar surface area (TPSA) is 34.9 Å². The molecule has 0 fully saturated rings. The molecule has 0 aliphatic carbocycles. The van der Waals surface area contributed by atoms with Crippen molar-refractivity contribution in [3.05, 3.63) is 33.6 Å². The molecule has 0 aliphatic rings. The minimum absolute atomic E-state index is 0.0355. The first-order chi connectivity index (χ1) is 9.73. The number of rotatable bonds is 3. The van der Waals surface area contributed by atoms with E-state index in [2.05, 4.69) is 5.10 Å². The first-order valence-corrected chi connectivity index (χ1v) is 8.62. The third-order valence-corrected chi connectivity index (χ3v) is 4.89. The summed E-state index contributed by atoms with van der Waals surface area (Å²) in [5.41, 5.74) is 1.27. The van der Waals surface area contributed by atoms with E-state index >= 15 is 0 Å². The molecule has 2 aromatic rings. The van der Waals surface area contributed by atoms with E-state index in [9.17, 15) is 8.60 Å². The van der Waals surface area contributed by atoms with E-state index in [1.54, 1.807) is 17.7 Å². The second-order valence-corrected chi connectivity index (χ2v) is 7.12. The molecular formula is C14H15Cl2FN2OS. The molecule has 0 N–H and O–H groups in total. The highest BCUT2D eigenvalue weighted by Gasteiger charge is 2.24. The molecule has 0 amide bonds. The molecule has 1 aromatic carbocycles. The molecule has 1 heterocycles. The number of aryl methyl sites for hydroxylation is 1. The number of hydrogen-bond acceptors (Lipinski definition) is 2. The molecule has 114 valence electrons. The molecule has 0 saturated heterocycles. The van der Waals surface area contributed by atoms with Gasteiger partial charge in [-0.25, -0.2) is 4.39 Å². The van der Waals surface area contributed by atoms with Crippen molar-refractivity contribution in [2.45, 2.75) is 31.8 Å². The van der Waals surface area contributed by atoms with E-state index in [1.165, 1.54) is 12.3 Å². The third-order valence-electron chi connectivity index (χ3n) is 3.08. The maximum atomic E-state index is 14.2. The minimum Gasteiger partial charge on any atom is -0.253 e. The summed E-state index contributed by atoms with van der Waals surface area (Å²) < 4.78 is 27.6. The van der Waals surface area contributed by atoms with E-state index in [0.29, 0.717) is 10.0 Å². The highest BCUT2D eigenvalue weighted by molar-refractivity contribution is 7.84. The summed E-state index contributed by atoms with van der Waals surface area (Å²) in [6, 6.07) is 2.80.